The van der Waals surface area contributed by atoms with Crippen molar-refractivity contribution in [2.24, 2.45) is 10.8 Å². The molecular weight excluding hydrogens is 313 g/mol. The fourth-order valence-electron chi connectivity index (χ4n) is 3.95. The largest absolute Gasteiger partial charge is 0.358 e. The molecule has 3 nitrogen and oxygen atoms in total. The molecule has 1 aromatic heterocycles. The summed E-state index contributed by atoms with van der Waals surface area (Å²) in [4.78, 5) is 0. The van der Waals surface area contributed by atoms with Crippen molar-refractivity contribution in [1.82, 2.24) is 9.78 Å². The van der Waals surface area contributed by atoms with Gasteiger partial charge in [-0.05, 0) is 35.2 Å². The standard InChI is InChI=1S/C17H35B3N2OS/c1-16(2)10-20(11-17(16,3)4)13-14(18)21-22(15(13)19)12-23-8-9-24(5,6)7/h8-12,18-19H2,1-7H3. The minimum Gasteiger partial charge on any atom is -0.358 e. The van der Waals surface area contributed by atoms with Crippen LogP contribution >= 0.6 is 10.0 Å². The van der Waals surface area contributed by atoms with Crippen LogP contribution in [-0.4, -0.2) is 63.3 Å². The van der Waals surface area contributed by atoms with Crippen LogP contribution in [0.5, 0.6) is 0 Å². The zero-order valence-electron chi connectivity index (χ0n) is 17.3. The Labute approximate surface area is 152 Å². The van der Waals surface area contributed by atoms with Gasteiger partial charge in [0, 0.05) is 11.3 Å². The van der Waals surface area contributed by atoms with Gasteiger partial charge in [-0.1, -0.05) is 45.8 Å². The van der Waals surface area contributed by atoms with Gasteiger partial charge in [-0.15, -0.1) is 0 Å². The predicted octanol–water partition coefficient (Wildman–Crippen LogP) is -0.164. The molecule has 2 heterocycles. The van der Waals surface area contributed by atoms with E-state index in [9.17, 15) is 0 Å². The molecule has 0 bridgehead atoms. The van der Waals surface area contributed by atoms with E-state index < -0.39 is 10.0 Å². The molecule has 1 aliphatic heterocycles. The molecule has 0 aliphatic carbocycles. The number of hydrogen-bond donors (Lipinski definition) is 0. The van der Waals surface area contributed by atoms with Gasteiger partial charge < -0.3 is 4.74 Å². The first kappa shape index (κ1) is 20.0. The molecule has 0 atom stereocenters. The van der Waals surface area contributed by atoms with Crippen molar-refractivity contribution in [2.75, 3.05) is 31.1 Å². The Bertz CT molecular complexity index is 577. The van der Waals surface area contributed by atoms with Crippen LogP contribution in [0.2, 0.25) is 12.6 Å². The average molecular weight is 348 g/mol. The summed E-state index contributed by atoms with van der Waals surface area (Å²) in [6.07, 6.45) is 9.51. The summed E-state index contributed by atoms with van der Waals surface area (Å²) in [6, 6.07) is 0. The minimum absolute atomic E-state index is 0.380. The van der Waals surface area contributed by atoms with Crippen LogP contribution in [0.15, 0.2) is 0 Å². The number of aromatic nitrogens is 2. The fourth-order valence-corrected chi connectivity index (χ4v) is 4.57. The Hall–Kier alpha value is -0.285. The fraction of sp³-hybridized carbons (Fsp3) is 0.824. The molecule has 134 valence electrons. The molecule has 24 heavy (non-hydrogen) atoms. The molecule has 1 aromatic rings. The molecular formula is C17H35B3N2OS. The zero-order chi connectivity index (χ0) is 18.3. The van der Waals surface area contributed by atoms with E-state index in [0.29, 0.717) is 24.3 Å². The summed E-state index contributed by atoms with van der Waals surface area (Å²) in [5.41, 5.74) is 4.72. The summed E-state index contributed by atoms with van der Waals surface area (Å²) in [5.74, 6) is 1.16. The second kappa shape index (κ2) is 6.79. The Morgan fingerprint density at radius 2 is 1.67 bits per heavy atom. The predicted molar refractivity (Wildman–Crippen MR) is 117 cm³/mol. The second-order valence-corrected chi connectivity index (χ2v) is 14.4. The maximum absolute atomic E-state index is 5.91. The highest BCUT2D eigenvalue weighted by molar-refractivity contribution is 8.32. The van der Waals surface area contributed by atoms with Crippen molar-refractivity contribution in [3.63, 3.8) is 0 Å². The number of ether oxygens (including phenoxy) is 1. The van der Waals surface area contributed by atoms with Gasteiger partial charge in [0.25, 0.3) is 0 Å². The van der Waals surface area contributed by atoms with Gasteiger partial charge >= 0.3 is 0 Å². The van der Waals surface area contributed by atoms with Gasteiger partial charge in [-0.3, -0.25) is 4.68 Å². The quantitative estimate of drug-likeness (QED) is 0.528. The van der Waals surface area contributed by atoms with Crippen LogP contribution in [0, 0.1) is 10.8 Å². The lowest BCUT2D eigenvalue weighted by Crippen LogP contribution is -2.47. The maximum Gasteiger partial charge on any atom is 0.179 e. The summed E-state index contributed by atoms with van der Waals surface area (Å²) in [7, 11) is 3.89. The smallest absolute Gasteiger partial charge is 0.179 e. The van der Waals surface area contributed by atoms with Crippen molar-refractivity contribution in [1.29, 1.82) is 0 Å². The van der Waals surface area contributed by atoms with E-state index in [1.807, 2.05) is 0 Å². The van der Waals surface area contributed by atoms with Crippen LogP contribution in [0.3, 0.4) is 0 Å². The van der Waals surface area contributed by atoms with Crippen molar-refractivity contribution in [2.45, 2.75) is 47.1 Å². The highest BCUT2D eigenvalue weighted by Crippen LogP contribution is 2.52. The number of hydrogen-bond acceptors (Lipinski definition) is 2. The van der Waals surface area contributed by atoms with Crippen LogP contribution < -0.4 is 16.6 Å². The molecule has 1 fully saturated rings. The molecule has 7 heteroatoms. The van der Waals surface area contributed by atoms with E-state index in [1.165, 1.54) is 29.3 Å². The van der Waals surface area contributed by atoms with Crippen LogP contribution in [0.4, 0.5) is 0 Å². The van der Waals surface area contributed by atoms with E-state index in [2.05, 4.69) is 66.8 Å². The molecule has 0 N–H and O–H groups in total. The summed E-state index contributed by atoms with van der Waals surface area (Å²) < 4.78 is 7.98. The van der Waals surface area contributed by atoms with Gasteiger partial charge in [0.15, 0.2) is 22.4 Å². The first-order valence-corrected chi connectivity index (χ1v) is 12.1. The Balaban J connectivity index is 2.07. The number of nitrogens with zero attached hydrogens (tertiary/aromatic N) is 2. The monoisotopic (exact) mass is 348 g/mol. The van der Waals surface area contributed by atoms with E-state index in [-0.39, 0.29) is 0 Å². The summed E-state index contributed by atoms with van der Waals surface area (Å²) >= 11 is 0. The maximum atomic E-state index is 5.91. The van der Waals surface area contributed by atoms with Gasteiger partial charge in [0.05, 0.1) is 6.61 Å². The molecule has 1 saturated heterocycles. The molecule has 0 unspecified atom stereocenters. The van der Waals surface area contributed by atoms with Crippen molar-refractivity contribution in [3.8, 4) is 0 Å². The van der Waals surface area contributed by atoms with Gasteiger partial charge in [-0.2, -0.15) is 5.10 Å². The van der Waals surface area contributed by atoms with Gasteiger partial charge in [0.2, 0.25) is 0 Å². The molecule has 0 spiro atoms. The van der Waals surface area contributed by atoms with Crippen molar-refractivity contribution >= 4 is 49.1 Å². The van der Waals surface area contributed by atoms with Crippen molar-refractivity contribution in [3.05, 3.63) is 0 Å². The highest BCUT2D eigenvalue weighted by atomic mass is 32.3. The third-order valence-corrected chi connectivity index (χ3v) is 7.64. The lowest BCUT2D eigenvalue weighted by Gasteiger charge is -2.35. The second-order valence-electron chi connectivity index (χ2n) is 9.79. The summed E-state index contributed by atoms with van der Waals surface area (Å²) in [6.45, 7) is 11.7. The molecule has 0 radical (unpaired) electrons. The normalized spacial score (nSPS) is 20.5. The Morgan fingerprint density at radius 1 is 1.12 bits per heavy atom. The van der Waals surface area contributed by atoms with E-state index in [0.717, 1.165) is 12.4 Å². The van der Waals surface area contributed by atoms with Gasteiger partial charge in [-0.25, -0.2) is 10.0 Å². The Morgan fingerprint density at radius 3 is 2.17 bits per heavy atom. The topological polar surface area (TPSA) is 27.1 Å². The average Bonchev–Trinajstić information content (AvgIpc) is 2.77. The molecule has 0 saturated carbocycles. The van der Waals surface area contributed by atoms with E-state index in [1.54, 1.807) is 0 Å². The first-order chi connectivity index (χ1) is 10.8. The Kier molecular flexibility index (Phi) is 5.67. The van der Waals surface area contributed by atoms with Crippen molar-refractivity contribution < 1.29 is 4.74 Å². The number of rotatable bonds is 6. The molecule has 1 aliphatic rings. The third kappa shape index (κ3) is 4.27. The first-order valence-electron chi connectivity index (χ1n) is 9.12. The van der Waals surface area contributed by atoms with E-state index in [4.69, 9.17) is 9.84 Å². The van der Waals surface area contributed by atoms with Crippen LogP contribution in [0.25, 0.3) is 0 Å². The third-order valence-electron chi connectivity index (χ3n) is 6.24. The van der Waals surface area contributed by atoms with Crippen LogP contribution in [-0.2, 0) is 11.5 Å². The van der Waals surface area contributed by atoms with Gasteiger partial charge in [0.1, 0.15) is 6.73 Å². The zero-order valence-corrected chi connectivity index (χ0v) is 18.1. The SMILES string of the molecule is Bc1nn(COCCS(C)(C)C)c(B)c1B1CC(C)(C)C(C)(C)C1. The summed E-state index contributed by atoms with van der Waals surface area (Å²) in [5, 5.41) is 4.78. The molecule has 2 rings (SSSR count). The van der Waals surface area contributed by atoms with Crippen LogP contribution in [0.1, 0.15) is 27.7 Å². The lowest BCUT2D eigenvalue weighted by atomic mass is 9.40. The lowest BCUT2D eigenvalue weighted by molar-refractivity contribution is 0.0835. The highest BCUT2D eigenvalue weighted by Gasteiger charge is 2.49. The minimum atomic E-state index is -0.485. The molecule has 0 amide bonds. The van der Waals surface area contributed by atoms with E-state index >= 15 is 0 Å². The molecule has 0 aromatic carbocycles.